The molecule has 12 heteroatoms. The Morgan fingerprint density at radius 1 is 1.20 bits per heavy atom. The van der Waals surface area contributed by atoms with Gasteiger partial charge >= 0.3 is 0 Å². The molecule has 2 aliphatic heterocycles. The predicted molar refractivity (Wildman–Crippen MR) is 197 cm³/mol. The van der Waals surface area contributed by atoms with E-state index in [-0.39, 0.29) is 36.4 Å². The number of amides is 2. The highest BCUT2D eigenvalue weighted by atomic mass is 16.7. The van der Waals surface area contributed by atoms with Gasteiger partial charge in [-0.05, 0) is 73.1 Å². The molecular formula is C39H58N6O6. The minimum atomic E-state index is -0.892. The molecule has 2 heterocycles. The van der Waals surface area contributed by atoms with Gasteiger partial charge in [-0.1, -0.05) is 39.0 Å². The fourth-order valence-corrected chi connectivity index (χ4v) is 9.19. The molecule has 5 fully saturated rings. The maximum Gasteiger partial charge on any atom is 0.251 e. The minimum Gasteiger partial charge on any atom is -0.496 e. The summed E-state index contributed by atoms with van der Waals surface area (Å²) >= 11 is 0. The molecule has 2 bridgehead atoms. The lowest BCUT2D eigenvalue weighted by atomic mass is 9.45. The number of hydrogen-bond acceptors (Lipinski definition) is 10. The third-order valence-corrected chi connectivity index (χ3v) is 12.4. The average Bonchev–Trinajstić information content (AvgIpc) is 3.76. The summed E-state index contributed by atoms with van der Waals surface area (Å²) < 4.78 is 6.05. The molecule has 0 aromatic heterocycles. The maximum absolute atomic E-state index is 14.2. The van der Waals surface area contributed by atoms with E-state index >= 15 is 0 Å². The van der Waals surface area contributed by atoms with Gasteiger partial charge in [0.25, 0.3) is 5.91 Å². The molecule has 280 valence electrons. The van der Waals surface area contributed by atoms with Crippen LogP contribution in [-0.2, 0) is 16.2 Å². The van der Waals surface area contributed by atoms with E-state index in [1.165, 1.54) is 6.42 Å². The zero-order chi connectivity index (χ0) is 36.6. The number of carbonyl (C=O) groups is 2. The number of hydroxylamine groups is 2. The van der Waals surface area contributed by atoms with Crippen molar-refractivity contribution in [1.29, 1.82) is 0 Å². The lowest BCUT2D eigenvalue weighted by Gasteiger charge is -2.62. The summed E-state index contributed by atoms with van der Waals surface area (Å²) in [5, 5.41) is 35.9. The van der Waals surface area contributed by atoms with Crippen molar-refractivity contribution in [1.82, 2.24) is 26.3 Å². The van der Waals surface area contributed by atoms with E-state index in [0.717, 1.165) is 48.4 Å². The molecule has 2 aromatic carbocycles. The molecule has 2 saturated heterocycles. The SMILES string of the molecule is COc1c(CN2O[C@@H](CO)[C@@H]([C@H](C)O)[C@H]2C(=O)NC2C[C@H]3C[C@@H]([C@@H]2C)C3(C)C)cccc1-c1cc(C(=O)NCCC2CNCN2)cc(N(C)C)c1. The van der Waals surface area contributed by atoms with Crippen LogP contribution in [-0.4, -0.2) is 105 Å². The van der Waals surface area contributed by atoms with Gasteiger partial charge in [0, 0.05) is 74.2 Å². The summed E-state index contributed by atoms with van der Waals surface area (Å²) in [6, 6.07) is 11.2. The Morgan fingerprint density at radius 2 is 1.98 bits per heavy atom. The van der Waals surface area contributed by atoms with Crippen molar-refractivity contribution >= 4 is 17.5 Å². The Morgan fingerprint density at radius 3 is 2.61 bits per heavy atom. The normalized spacial score (nSPS) is 30.4. The number of benzene rings is 2. The lowest BCUT2D eigenvalue weighted by molar-refractivity contribution is -0.183. The second kappa shape index (κ2) is 15.4. The highest BCUT2D eigenvalue weighted by Crippen LogP contribution is 2.61. The van der Waals surface area contributed by atoms with Crippen molar-refractivity contribution in [3.63, 3.8) is 0 Å². The molecule has 6 N–H and O–H groups in total. The first-order chi connectivity index (χ1) is 24.3. The van der Waals surface area contributed by atoms with Gasteiger partial charge in [0.1, 0.15) is 17.9 Å². The Bertz CT molecular complexity index is 1560. The van der Waals surface area contributed by atoms with Crippen molar-refractivity contribution < 1.29 is 29.4 Å². The largest absolute Gasteiger partial charge is 0.496 e. The summed E-state index contributed by atoms with van der Waals surface area (Å²) in [6.45, 7) is 10.6. The average molecular weight is 707 g/mol. The van der Waals surface area contributed by atoms with Crippen molar-refractivity contribution in [3.8, 4) is 16.9 Å². The Balaban J connectivity index is 1.25. The highest BCUT2D eigenvalue weighted by molar-refractivity contribution is 5.97. The van der Waals surface area contributed by atoms with Gasteiger partial charge in [0.15, 0.2) is 0 Å². The quantitative estimate of drug-likeness (QED) is 0.184. The van der Waals surface area contributed by atoms with Gasteiger partial charge in [0.2, 0.25) is 5.91 Å². The van der Waals surface area contributed by atoms with Crippen LogP contribution in [0.25, 0.3) is 11.1 Å². The lowest BCUT2D eigenvalue weighted by Crippen LogP contribution is -2.62. The number of aliphatic hydroxyl groups excluding tert-OH is 2. The van der Waals surface area contributed by atoms with Crippen LogP contribution in [0.4, 0.5) is 5.69 Å². The number of para-hydroxylation sites is 1. The van der Waals surface area contributed by atoms with E-state index < -0.39 is 24.2 Å². The van der Waals surface area contributed by atoms with Crippen LogP contribution in [0.2, 0.25) is 0 Å². The second-order valence-electron chi connectivity index (χ2n) is 16.0. The van der Waals surface area contributed by atoms with Crippen LogP contribution in [0.3, 0.4) is 0 Å². The maximum atomic E-state index is 14.2. The molecule has 2 unspecified atom stereocenters. The fourth-order valence-electron chi connectivity index (χ4n) is 9.19. The molecule has 0 spiro atoms. The van der Waals surface area contributed by atoms with Crippen LogP contribution in [0.15, 0.2) is 36.4 Å². The van der Waals surface area contributed by atoms with Gasteiger partial charge in [-0.2, -0.15) is 5.06 Å². The molecule has 12 nitrogen and oxygen atoms in total. The van der Waals surface area contributed by atoms with Crippen molar-refractivity contribution in [2.45, 2.75) is 83.8 Å². The van der Waals surface area contributed by atoms with Crippen molar-refractivity contribution in [3.05, 3.63) is 47.5 Å². The number of hydrogen-bond donors (Lipinski definition) is 6. The van der Waals surface area contributed by atoms with Crippen LogP contribution < -0.4 is 30.9 Å². The summed E-state index contributed by atoms with van der Waals surface area (Å²) in [5.74, 6) is 1.09. The number of carbonyl (C=O) groups excluding carboxylic acids is 2. The number of anilines is 1. The highest BCUT2D eigenvalue weighted by Gasteiger charge is 2.57. The van der Waals surface area contributed by atoms with Crippen LogP contribution in [0.1, 0.15) is 62.9 Å². The molecule has 9 atom stereocenters. The fraction of sp³-hybridized carbons (Fsp3) is 0.641. The Labute approximate surface area is 302 Å². The number of ether oxygens (including phenoxy) is 1. The van der Waals surface area contributed by atoms with Gasteiger partial charge < -0.3 is 41.1 Å². The molecule has 2 aromatic rings. The number of rotatable bonds is 13. The number of nitrogens with zero attached hydrogens (tertiary/aromatic N) is 2. The first-order valence-electron chi connectivity index (χ1n) is 18.6. The zero-order valence-electron chi connectivity index (χ0n) is 31.2. The smallest absolute Gasteiger partial charge is 0.251 e. The first-order valence-corrected chi connectivity index (χ1v) is 18.6. The second-order valence-corrected chi connectivity index (χ2v) is 16.0. The molecule has 3 saturated carbocycles. The van der Waals surface area contributed by atoms with Gasteiger partial charge in [-0.25, -0.2) is 0 Å². The van der Waals surface area contributed by atoms with Gasteiger partial charge in [-0.15, -0.1) is 0 Å². The van der Waals surface area contributed by atoms with E-state index in [0.29, 0.717) is 41.7 Å². The van der Waals surface area contributed by atoms with E-state index in [2.05, 4.69) is 42.0 Å². The minimum absolute atomic E-state index is 0.0450. The van der Waals surface area contributed by atoms with E-state index in [9.17, 15) is 19.8 Å². The molecule has 2 amide bonds. The standard InChI is InChI=1S/C39H58N6O6/c1-22-31-16-27(39(31,3)4)17-32(22)43-38(49)35-34(23(2)47)33(20-46)51-45(35)19-24-9-8-10-30(36(24)50-7)25-13-26(15-29(14-25)44(5)6)37(48)41-12-11-28-18-40-21-42-28/h8-10,13-15,22-23,27-28,31-35,40,42,46-47H,11-12,16-21H2,1-7H3,(H,41,48)(H,43,49)/t22-,23-,27+,28?,31-,32?,33-,34+,35-/m0/s1. The molecule has 7 rings (SSSR count). The zero-order valence-corrected chi connectivity index (χ0v) is 31.2. The van der Waals surface area contributed by atoms with Crippen molar-refractivity contribution in [2.75, 3.05) is 52.5 Å². The predicted octanol–water partition coefficient (Wildman–Crippen LogP) is 2.73. The van der Waals surface area contributed by atoms with Crippen LogP contribution >= 0.6 is 0 Å². The summed E-state index contributed by atoms with van der Waals surface area (Å²) in [5.41, 5.74) is 4.07. The number of aliphatic hydroxyl groups is 2. The van der Waals surface area contributed by atoms with E-state index in [4.69, 9.17) is 9.57 Å². The molecule has 51 heavy (non-hydrogen) atoms. The molecule has 5 aliphatic rings. The number of fused-ring (bicyclic) bond motifs is 2. The molecule has 3 aliphatic carbocycles. The number of methoxy groups -OCH3 is 1. The number of nitrogens with one attached hydrogen (secondary N) is 4. The van der Waals surface area contributed by atoms with Gasteiger partial charge in [0.05, 0.1) is 26.4 Å². The van der Waals surface area contributed by atoms with Crippen LogP contribution in [0.5, 0.6) is 5.75 Å². The Kier molecular flexibility index (Phi) is 11.3. The summed E-state index contributed by atoms with van der Waals surface area (Å²) in [7, 11) is 5.49. The third-order valence-electron chi connectivity index (χ3n) is 12.4. The van der Waals surface area contributed by atoms with Gasteiger partial charge in [-0.3, -0.25) is 14.4 Å². The first kappa shape index (κ1) is 37.5. The summed E-state index contributed by atoms with van der Waals surface area (Å²) in [4.78, 5) is 35.8. The van der Waals surface area contributed by atoms with E-state index in [1.807, 2.05) is 55.4 Å². The Hall–Kier alpha value is -3.26. The van der Waals surface area contributed by atoms with Crippen LogP contribution in [0, 0.1) is 29.1 Å². The summed E-state index contributed by atoms with van der Waals surface area (Å²) in [6.07, 6.45) is 1.33. The molecule has 0 radical (unpaired) electrons. The van der Waals surface area contributed by atoms with E-state index in [1.54, 1.807) is 19.1 Å². The van der Waals surface area contributed by atoms with Crippen molar-refractivity contribution in [2.24, 2.45) is 29.1 Å². The monoisotopic (exact) mass is 706 g/mol. The third kappa shape index (κ3) is 7.49. The topological polar surface area (TPSA) is 148 Å². The molecular weight excluding hydrogens is 648 g/mol.